The summed E-state index contributed by atoms with van der Waals surface area (Å²) in [4.78, 5) is 4.13. The topological polar surface area (TPSA) is 48.3 Å². The molecule has 28 heavy (non-hydrogen) atoms. The zero-order chi connectivity index (χ0) is 20.9. The van der Waals surface area contributed by atoms with Gasteiger partial charge in [0.25, 0.3) is 0 Å². The number of fused-ring (bicyclic) bond motifs is 1. The molecule has 0 atom stereocenters. The summed E-state index contributed by atoms with van der Waals surface area (Å²) in [7, 11) is -1.29. The minimum Gasteiger partial charge on any atom is -0.382 e. The molecule has 0 unspecified atom stereocenters. The number of hydrogen-bond acceptors (Lipinski definition) is 4. The molecule has 0 spiro atoms. The van der Waals surface area contributed by atoms with Gasteiger partial charge in [-0.05, 0) is 19.0 Å². The zero-order valence-corrected chi connectivity index (χ0v) is 18.4. The summed E-state index contributed by atoms with van der Waals surface area (Å²) in [5.41, 5.74) is -0.339. The number of pyridine rings is 1. The number of hydrogen-bond donors (Lipinski definition) is 1. The maximum Gasteiger partial charge on any atom is 0.418 e. The molecule has 2 aromatic heterocycles. The highest BCUT2D eigenvalue weighted by atomic mass is 35.5. The smallest absolute Gasteiger partial charge is 0.382 e. The lowest BCUT2D eigenvalue weighted by Gasteiger charge is -2.15. The first-order valence-electron chi connectivity index (χ1n) is 9.19. The van der Waals surface area contributed by atoms with Gasteiger partial charge in [0.15, 0.2) is 0 Å². The van der Waals surface area contributed by atoms with Crippen LogP contribution in [0.25, 0.3) is 11.0 Å². The summed E-state index contributed by atoms with van der Waals surface area (Å²) in [6.45, 7) is 10.2. The average molecular weight is 438 g/mol. The second-order valence-electron chi connectivity index (χ2n) is 7.67. The molecule has 0 aliphatic rings. The molecule has 0 fully saturated rings. The van der Waals surface area contributed by atoms with Gasteiger partial charge < -0.3 is 19.4 Å². The van der Waals surface area contributed by atoms with Gasteiger partial charge in [0, 0.05) is 39.7 Å². The molecule has 0 saturated carbocycles. The van der Waals surface area contributed by atoms with Crippen LogP contribution < -0.4 is 5.32 Å². The van der Waals surface area contributed by atoms with Crippen molar-refractivity contribution in [1.82, 2.24) is 9.55 Å². The maximum atomic E-state index is 13.6. The van der Waals surface area contributed by atoms with Crippen molar-refractivity contribution in [1.29, 1.82) is 0 Å². The Morgan fingerprint density at radius 1 is 1.21 bits per heavy atom. The van der Waals surface area contributed by atoms with Gasteiger partial charge in [0.2, 0.25) is 0 Å². The van der Waals surface area contributed by atoms with Crippen LogP contribution in [0.3, 0.4) is 0 Å². The van der Waals surface area contributed by atoms with Crippen LogP contribution in [0.5, 0.6) is 0 Å². The molecule has 0 saturated heterocycles. The van der Waals surface area contributed by atoms with E-state index in [2.05, 4.69) is 29.9 Å². The Morgan fingerprint density at radius 2 is 1.93 bits per heavy atom. The van der Waals surface area contributed by atoms with Gasteiger partial charge in [-0.15, -0.1) is 0 Å². The van der Waals surface area contributed by atoms with Gasteiger partial charge in [-0.2, -0.15) is 13.2 Å². The third kappa shape index (κ3) is 6.37. The lowest BCUT2D eigenvalue weighted by Crippen LogP contribution is -2.22. The van der Waals surface area contributed by atoms with Gasteiger partial charge in [0.1, 0.15) is 17.5 Å². The summed E-state index contributed by atoms with van der Waals surface area (Å²) in [5, 5.41) is 3.08. The van der Waals surface area contributed by atoms with Crippen molar-refractivity contribution in [2.24, 2.45) is 0 Å². The van der Waals surface area contributed by atoms with E-state index in [0.717, 1.165) is 12.2 Å². The van der Waals surface area contributed by atoms with Crippen LogP contribution in [0.15, 0.2) is 12.3 Å². The third-order valence-electron chi connectivity index (χ3n) is 4.09. The van der Waals surface area contributed by atoms with Crippen molar-refractivity contribution in [3.8, 4) is 0 Å². The second-order valence-corrected chi connectivity index (χ2v) is 13.7. The van der Waals surface area contributed by atoms with Crippen LogP contribution in [0.4, 0.5) is 18.9 Å². The first-order valence-corrected chi connectivity index (χ1v) is 13.3. The Hall–Kier alpha value is -1.29. The molecule has 10 heteroatoms. The molecule has 2 heterocycles. The summed E-state index contributed by atoms with van der Waals surface area (Å²) >= 11 is 6.07. The minimum absolute atomic E-state index is 0.0111. The van der Waals surface area contributed by atoms with Crippen LogP contribution in [-0.2, 0) is 22.4 Å². The maximum absolute atomic E-state index is 13.6. The Kier molecular flexibility index (Phi) is 7.78. The normalized spacial score (nSPS) is 12.7. The zero-order valence-electron chi connectivity index (χ0n) is 16.6. The van der Waals surface area contributed by atoms with E-state index < -0.39 is 19.8 Å². The quantitative estimate of drug-likeness (QED) is 0.304. The Labute approximate surface area is 169 Å². The van der Waals surface area contributed by atoms with Crippen molar-refractivity contribution >= 4 is 36.4 Å². The van der Waals surface area contributed by atoms with Gasteiger partial charge in [-0.3, -0.25) is 0 Å². The number of alkyl halides is 3. The molecule has 0 radical (unpaired) electrons. The van der Waals surface area contributed by atoms with Gasteiger partial charge >= 0.3 is 6.18 Å². The predicted molar refractivity (Wildman–Crippen MR) is 109 cm³/mol. The SMILES string of the molecule is CCOCCNc1cc(Cl)nc2c1c(C(F)(F)F)cn2COCC[Si](C)(C)C. The standard InChI is InChI=1S/C18H27ClF3N3O2Si/c1-5-26-7-6-23-14-10-15(19)24-17-16(14)13(18(20,21)22)11-25(17)12-27-8-9-28(2,3)4/h10-11H,5-9,12H2,1-4H3,(H,23,24). The van der Waals surface area contributed by atoms with E-state index in [-0.39, 0.29) is 28.6 Å². The van der Waals surface area contributed by atoms with Crippen molar-refractivity contribution in [3.05, 3.63) is 23.0 Å². The third-order valence-corrected chi connectivity index (χ3v) is 5.99. The minimum atomic E-state index is -4.52. The fraction of sp³-hybridized carbons (Fsp3) is 0.611. The van der Waals surface area contributed by atoms with Crippen LogP contribution in [-0.4, -0.2) is 44.0 Å². The number of nitrogens with one attached hydrogen (secondary N) is 1. The molecular formula is C18H27ClF3N3O2Si. The first kappa shape index (κ1) is 23.0. The molecule has 0 aliphatic heterocycles. The number of ether oxygens (including phenoxy) is 2. The second kappa shape index (κ2) is 9.47. The lowest BCUT2D eigenvalue weighted by molar-refractivity contribution is -0.136. The molecule has 0 amide bonds. The number of halogens is 4. The van der Waals surface area contributed by atoms with Crippen LogP contribution in [0.1, 0.15) is 12.5 Å². The molecule has 1 N–H and O–H groups in total. The van der Waals surface area contributed by atoms with Gasteiger partial charge in [0.05, 0.1) is 17.6 Å². The average Bonchev–Trinajstić information content (AvgIpc) is 2.93. The van der Waals surface area contributed by atoms with E-state index in [4.69, 9.17) is 21.1 Å². The number of nitrogens with zero attached hydrogens (tertiary/aromatic N) is 2. The molecule has 0 bridgehead atoms. The van der Waals surface area contributed by atoms with Crippen molar-refractivity contribution < 1.29 is 22.6 Å². The summed E-state index contributed by atoms with van der Waals surface area (Å²) < 4.78 is 53.1. The van der Waals surface area contributed by atoms with Crippen LogP contribution >= 0.6 is 11.6 Å². The Morgan fingerprint density at radius 3 is 2.54 bits per heavy atom. The fourth-order valence-corrected chi connectivity index (χ4v) is 3.60. The lowest BCUT2D eigenvalue weighted by atomic mass is 10.2. The number of aromatic nitrogens is 2. The first-order chi connectivity index (χ1) is 13.0. The van der Waals surface area contributed by atoms with Gasteiger partial charge in [-0.25, -0.2) is 4.98 Å². The van der Waals surface area contributed by atoms with Gasteiger partial charge in [-0.1, -0.05) is 31.2 Å². The van der Waals surface area contributed by atoms with E-state index in [0.29, 0.717) is 26.4 Å². The Bertz CT molecular complexity index is 791. The van der Waals surface area contributed by atoms with Crippen molar-refractivity contribution in [3.63, 3.8) is 0 Å². The molecule has 2 rings (SSSR count). The molecule has 0 aliphatic carbocycles. The van der Waals surface area contributed by atoms with E-state index >= 15 is 0 Å². The van der Waals surface area contributed by atoms with E-state index in [1.165, 1.54) is 10.6 Å². The fourth-order valence-electron chi connectivity index (χ4n) is 2.65. The molecule has 0 aromatic carbocycles. The number of anilines is 1. The summed E-state index contributed by atoms with van der Waals surface area (Å²) in [5.74, 6) is 0. The van der Waals surface area contributed by atoms with Crippen molar-refractivity contribution in [2.45, 2.75) is 45.5 Å². The van der Waals surface area contributed by atoms with Crippen LogP contribution in [0, 0.1) is 0 Å². The molecule has 2 aromatic rings. The van der Waals surface area contributed by atoms with E-state index in [9.17, 15) is 13.2 Å². The largest absolute Gasteiger partial charge is 0.418 e. The molecular weight excluding hydrogens is 411 g/mol. The molecule has 5 nitrogen and oxygen atoms in total. The van der Waals surface area contributed by atoms with E-state index in [1.54, 1.807) is 0 Å². The highest BCUT2D eigenvalue weighted by Crippen LogP contribution is 2.39. The highest BCUT2D eigenvalue weighted by Gasteiger charge is 2.36. The van der Waals surface area contributed by atoms with E-state index in [1.807, 2.05) is 6.92 Å². The molecule has 158 valence electrons. The van der Waals surface area contributed by atoms with Crippen LogP contribution in [0.2, 0.25) is 30.8 Å². The van der Waals surface area contributed by atoms with Crippen molar-refractivity contribution in [2.75, 3.05) is 31.7 Å². The monoisotopic (exact) mass is 437 g/mol. The Balaban J connectivity index is 2.33. The summed E-state index contributed by atoms with van der Waals surface area (Å²) in [6.07, 6.45) is -3.48. The number of rotatable bonds is 10. The predicted octanol–water partition coefficient (Wildman–Crippen LogP) is 5.47. The summed E-state index contributed by atoms with van der Waals surface area (Å²) in [6, 6.07) is 2.33. The highest BCUT2D eigenvalue weighted by molar-refractivity contribution is 6.76.